The third-order valence-corrected chi connectivity index (χ3v) is 3.86. The molecule has 4 nitrogen and oxygen atoms in total. The van der Waals surface area contributed by atoms with E-state index in [-0.39, 0.29) is 6.04 Å². The second-order valence-corrected chi connectivity index (χ2v) is 4.86. The van der Waals surface area contributed by atoms with Crippen LogP contribution in [0.2, 0.25) is 0 Å². The van der Waals surface area contributed by atoms with Crippen molar-refractivity contribution in [1.82, 2.24) is 14.5 Å². The number of hydrogen-bond donors (Lipinski definition) is 1. The maximum atomic E-state index is 5.98. The molecular formula is C12H12N4S. The first-order chi connectivity index (χ1) is 8.27. The lowest BCUT2D eigenvalue weighted by atomic mass is 10.2. The SMILES string of the molecule is CC(c1cccs1)n1c(N)nc2cccnc21. The van der Waals surface area contributed by atoms with Crippen LogP contribution in [0.15, 0.2) is 35.8 Å². The molecule has 0 aliphatic rings. The summed E-state index contributed by atoms with van der Waals surface area (Å²) in [6, 6.07) is 8.10. The predicted molar refractivity (Wildman–Crippen MR) is 70.1 cm³/mol. The maximum Gasteiger partial charge on any atom is 0.203 e. The summed E-state index contributed by atoms with van der Waals surface area (Å²) in [5.74, 6) is 0.514. The number of aromatic nitrogens is 3. The zero-order valence-corrected chi connectivity index (χ0v) is 10.2. The minimum absolute atomic E-state index is 0.162. The summed E-state index contributed by atoms with van der Waals surface area (Å²) in [7, 11) is 0. The highest BCUT2D eigenvalue weighted by molar-refractivity contribution is 7.10. The van der Waals surface area contributed by atoms with E-state index in [2.05, 4.69) is 28.3 Å². The van der Waals surface area contributed by atoms with Crippen LogP contribution in [-0.4, -0.2) is 14.5 Å². The molecule has 0 saturated heterocycles. The fourth-order valence-electron chi connectivity index (χ4n) is 1.99. The Balaban J connectivity index is 2.20. The molecule has 0 bridgehead atoms. The summed E-state index contributed by atoms with van der Waals surface area (Å²) in [6.07, 6.45) is 1.76. The van der Waals surface area contributed by atoms with Crippen molar-refractivity contribution < 1.29 is 0 Å². The second kappa shape index (κ2) is 3.85. The number of imidazole rings is 1. The molecule has 0 saturated carbocycles. The highest BCUT2D eigenvalue weighted by atomic mass is 32.1. The van der Waals surface area contributed by atoms with Gasteiger partial charge in [0.15, 0.2) is 5.65 Å². The summed E-state index contributed by atoms with van der Waals surface area (Å²) in [5, 5.41) is 2.06. The standard InChI is InChI=1S/C12H12N4S/c1-8(10-5-3-7-17-10)16-11-9(15-12(16)13)4-2-6-14-11/h2-8H,1H3,(H2,13,15). The van der Waals surface area contributed by atoms with Crippen LogP contribution in [0, 0.1) is 0 Å². The van der Waals surface area contributed by atoms with Crippen molar-refractivity contribution in [1.29, 1.82) is 0 Å². The third-order valence-electron chi connectivity index (χ3n) is 2.82. The topological polar surface area (TPSA) is 56.7 Å². The van der Waals surface area contributed by atoms with Gasteiger partial charge in [-0.25, -0.2) is 9.97 Å². The molecule has 0 spiro atoms. The summed E-state index contributed by atoms with van der Waals surface area (Å²) in [5.41, 5.74) is 7.66. The van der Waals surface area contributed by atoms with Gasteiger partial charge >= 0.3 is 0 Å². The van der Waals surface area contributed by atoms with E-state index in [9.17, 15) is 0 Å². The molecule has 5 heteroatoms. The van der Waals surface area contributed by atoms with Gasteiger partial charge < -0.3 is 5.73 Å². The number of fused-ring (bicyclic) bond motifs is 1. The first-order valence-electron chi connectivity index (χ1n) is 5.39. The van der Waals surface area contributed by atoms with Gasteiger partial charge in [0.2, 0.25) is 5.95 Å². The predicted octanol–water partition coefficient (Wildman–Crippen LogP) is 2.68. The molecule has 0 aromatic carbocycles. The number of thiophene rings is 1. The molecule has 17 heavy (non-hydrogen) atoms. The van der Waals surface area contributed by atoms with Crippen molar-refractivity contribution in [3.63, 3.8) is 0 Å². The van der Waals surface area contributed by atoms with Gasteiger partial charge in [0.05, 0.1) is 6.04 Å². The second-order valence-electron chi connectivity index (χ2n) is 3.88. The molecule has 86 valence electrons. The van der Waals surface area contributed by atoms with Gasteiger partial charge in [-0.05, 0) is 30.5 Å². The van der Waals surface area contributed by atoms with Gasteiger partial charge in [0.1, 0.15) is 5.52 Å². The van der Waals surface area contributed by atoms with Crippen molar-refractivity contribution in [2.24, 2.45) is 0 Å². The quantitative estimate of drug-likeness (QED) is 0.754. The Morgan fingerprint density at radius 1 is 1.35 bits per heavy atom. The normalized spacial score (nSPS) is 13.0. The van der Waals surface area contributed by atoms with Gasteiger partial charge in [-0.2, -0.15) is 0 Å². The number of pyridine rings is 1. The summed E-state index contributed by atoms with van der Waals surface area (Å²) in [6.45, 7) is 2.11. The molecule has 2 N–H and O–H groups in total. The molecule has 0 amide bonds. The zero-order chi connectivity index (χ0) is 11.8. The van der Waals surface area contributed by atoms with E-state index >= 15 is 0 Å². The number of nitrogens with two attached hydrogens (primary N) is 1. The Morgan fingerprint density at radius 3 is 3.00 bits per heavy atom. The molecule has 0 aliphatic carbocycles. The Morgan fingerprint density at radius 2 is 2.24 bits per heavy atom. The minimum Gasteiger partial charge on any atom is -0.369 e. The highest BCUT2D eigenvalue weighted by Crippen LogP contribution is 2.28. The average molecular weight is 244 g/mol. The molecule has 3 heterocycles. The molecule has 0 radical (unpaired) electrons. The van der Waals surface area contributed by atoms with E-state index < -0.39 is 0 Å². The molecule has 3 rings (SSSR count). The molecule has 1 atom stereocenters. The smallest absolute Gasteiger partial charge is 0.203 e. The van der Waals surface area contributed by atoms with Gasteiger partial charge in [-0.1, -0.05) is 6.07 Å². The largest absolute Gasteiger partial charge is 0.369 e. The van der Waals surface area contributed by atoms with E-state index in [0.29, 0.717) is 5.95 Å². The van der Waals surface area contributed by atoms with Gasteiger partial charge in [0, 0.05) is 11.1 Å². The first kappa shape index (κ1) is 10.3. The van der Waals surface area contributed by atoms with Crippen LogP contribution in [0.3, 0.4) is 0 Å². The van der Waals surface area contributed by atoms with Gasteiger partial charge in [-0.15, -0.1) is 11.3 Å². The van der Waals surface area contributed by atoms with E-state index in [1.165, 1.54) is 4.88 Å². The number of rotatable bonds is 2. The fourth-order valence-corrected chi connectivity index (χ4v) is 2.76. The molecule has 1 unspecified atom stereocenters. The average Bonchev–Trinajstić information content (AvgIpc) is 2.94. The van der Waals surface area contributed by atoms with Crippen molar-refractivity contribution in [2.45, 2.75) is 13.0 Å². The fraction of sp³-hybridized carbons (Fsp3) is 0.167. The molecule has 3 aromatic rings. The van der Waals surface area contributed by atoms with Crippen molar-refractivity contribution in [2.75, 3.05) is 5.73 Å². The van der Waals surface area contributed by atoms with E-state index in [1.807, 2.05) is 22.8 Å². The lowest BCUT2D eigenvalue weighted by Crippen LogP contribution is -2.09. The summed E-state index contributed by atoms with van der Waals surface area (Å²) < 4.78 is 1.97. The Labute approximate surface area is 103 Å². The van der Waals surface area contributed by atoms with Crippen LogP contribution in [0.1, 0.15) is 17.8 Å². The molecule has 0 fully saturated rings. The summed E-state index contributed by atoms with van der Waals surface area (Å²) >= 11 is 1.71. The first-order valence-corrected chi connectivity index (χ1v) is 6.27. The number of nitrogens with zero attached hydrogens (tertiary/aromatic N) is 3. The maximum absolute atomic E-state index is 5.98. The van der Waals surface area contributed by atoms with Crippen LogP contribution in [0.5, 0.6) is 0 Å². The summed E-state index contributed by atoms with van der Waals surface area (Å²) in [4.78, 5) is 9.94. The van der Waals surface area contributed by atoms with Gasteiger partial charge in [-0.3, -0.25) is 4.57 Å². The van der Waals surface area contributed by atoms with Crippen LogP contribution >= 0.6 is 11.3 Å². The van der Waals surface area contributed by atoms with Crippen LogP contribution in [-0.2, 0) is 0 Å². The minimum atomic E-state index is 0.162. The monoisotopic (exact) mass is 244 g/mol. The van der Waals surface area contributed by atoms with E-state index in [4.69, 9.17) is 5.73 Å². The van der Waals surface area contributed by atoms with Crippen LogP contribution in [0.25, 0.3) is 11.2 Å². The van der Waals surface area contributed by atoms with Crippen molar-refractivity contribution >= 4 is 28.4 Å². The number of nitrogen functional groups attached to an aromatic ring is 1. The molecule has 3 aromatic heterocycles. The highest BCUT2D eigenvalue weighted by Gasteiger charge is 2.16. The zero-order valence-electron chi connectivity index (χ0n) is 9.37. The number of anilines is 1. The molecular weight excluding hydrogens is 232 g/mol. The van der Waals surface area contributed by atoms with Crippen LogP contribution in [0.4, 0.5) is 5.95 Å². The lowest BCUT2D eigenvalue weighted by Gasteiger charge is -2.13. The number of hydrogen-bond acceptors (Lipinski definition) is 4. The Hall–Kier alpha value is -1.88. The van der Waals surface area contributed by atoms with E-state index in [0.717, 1.165) is 11.2 Å². The Kier molecular flexibility index (Phi) is 2.33. The van der Waals surface area contributed by atoms with Crippen molar-refractivity contribution in [3.8, 4) is 0 Å². The Bertz CT molecular complexity index is 642. The van der Waals surface area contributed by atoms with Crippen LogP contribution < -0.4 is 5.73 Å². The van der Waals surface area contributed by atoms with Crippen molar-refractivity contribution in [3.05, 3.63) is 40.7 Å². The van der Waals surface area contributed by atoms with Gasteiger partial charge in [0.25, 0.3) is 0 Å². The molecule has 0 aliphatic heterocycles. The third kappa shape index (κ3) is 1.59. The van der Waals surface area contributed by atoms with E-state index in [1.54, 1.807) is 17.5 Å². The lowest BCUT2D eigenvalue weighted by molar-refractivity contribution is 0.674.